The molecule has 0 spiro atoms. The number of hydrogen-bond acceptors (Lipinski definition) is 2. The van der Waals surface area contributed by atoms with Crippen molar-refractivity contribution in [3.05, 3.63) is 65.2 Å². The molecule has 0 fully saturated rings. The van der Waals surface area contributed by atoms with E-state index in [1.165, 1.54) is 23.1 Å². The summed E-state index contributed by atoms with van der Waals surface area (Å²) in [6.07, 6.45) is 4.36. The fourth-order valence-electron chi connectivity index (χ4n) is 2.83. The number of nitrogens with two attached hydrogens (primary N) is 1. The molecule has 0 aromatic heterocycles. The van der Waals surface area contributed by atoms with Gasteiger partial charge in [-0.15, -0.1) is 0 Å². The molecule has 0 saturated heterocycles. The standard InChI is InChI=1S/C18H21NO/c19-18-8-4-7-15-9-10-16(13-17(15)18)20-12-11-14-5-2-1-3-6-14/h1-3,5-6,9-10,13,18H,4,7-8,11-12,19H2/t18-/m0/s1. The van der Waals surface area contributed by atoms with Gasteiger partial charge in [-0.3, -0.25) is 0 Å². The van der Waals surface area contributed by atoms with E-state index in [1.54, 1.807) is 0 Å². The summed E-state index contributed by atoms with van der Waals surface area (Å²) in [6.45, 7) is 0.706. The topological polar surface area (TPSA) is 35.2 Å². The number of fused-ring (bicyclic) bond motifs is 1. The zero-order valence-corrected chi connectivity index (χ0v) is 11.7. The molecule has 20 heavy (non-hydrogen) atoms. The van der Waals surface area contributed by atoms with E-state index in [0.717, 1.165) is 25.0 Å². The predicted octanol–water partition coefficient (Wildman–Crippen LogP) is 3.64. The van der Waals surface area contributed by atoms with Gasteiger partial charge in [0.25, 0.3) is 0 Å². The first kappa shape index (κ1) is 13.2. The molecule has 0 radical (unpaired) electrons. The van der Waals surface area contributed by atoms with Crippen LogP contribution in [0.3, 0.4) is 0 Å². The van der Waals surface area contributed by atoms with E-state index < -0.39 is 0 Å². The van der Waals surface area contributed by atoms with E-state index in [0.29, 0.717) is 6.61 Å². The second-order valence-electron chi connectivity index (χ2n) is 5.44. The molecule has 2 N–H and O–H groups in total. The largest absolute Gasteiger partial charge is 0.493 e. The second-order valence-corrected chi connectivity index (χ2v) is 5.44. The molecular weight excluding hydrogens is 246 g/mol. The molecule has 1 atom stereocenters. The minimum absolute atomic E-state index is 0.177. The summed E-state index contributed by atoms with van der Waals surface area (Å²) in [5.41, 5.74) is 10.1. The Kier molecular flexibility index (Phi) is 4.03. The summed E-state index contributed by atoms with van der Waals surface area (Å²) in [6, 6.07) is 17.0. The molecule has 2 nitrogen and oxygen atoms in total. The molecule has 1 aliphatic rings. The number of aryl methyl sites for hydroxylation is 1. The van der Waals surface area contributed by atoms with Crippen LogP contribution in [0.4, 0.5) is 0 Å². The average Bonchev–Trinajstić information content (AvgIpc) is 2.49. The lowest BCUT2D eigenvalue weighted by atomic mass is 9.88. The maximum absolute atomic E-state index is 6.18. The highest BCUT2D eigenvalue weighted by atomic mass is 16.5. The van der Waals surface area contributed by atoms with Gasteiger partial charge in [0.15, 0.2) is 0 Å². The van der Waals surface area contributed by atoms with Crippen molar-refractivity contribution >= 4 is 0 Å². The molecule has 3 rings (SSSR count). The Labute approximate surface area is 120 Å². The molecule has 0 bridgehead atoms. The van der Waals surface area contributed by atoms with Crippen molar-refractivity contribution in [2.24, 2.45) is 5.73 Å². The molecular formula is C18H21NO. The second kappa shape index (κ2) is 6.10. The monoisotopic (exact) mass is 267 g/mol. The summed E-state index contributed by atoms with van der Waals surface area (Å²) < 4.78 is 5.87. The summed E-state index contributed by atoms with van der Waals surface area (Å²) in [5, 5.41) is 0. The first-order valence-corrected chi connectivity index (χ1v) is 7.38. The Bertz CT molecular complexity index is 565. The summed E-state index contributed by atoms with van der Waals surface area (Å²) in [7, 11) is 0. The quantitative estimate of drug-likeness (QED) is 0.917. The zero-order valence-electron chi connectivity index (χ0n) is 11.7. The van der Waals surface area contributed by atoms with Crippen LogP contribution in [-0.2, 0) is 12.8 Å². The fraction of sp³-hybridized carbons (Fsp3) is 0.333. The van der Waals surface area contributed by atoms with Crippen molar-refractivity contribution in [1.82, 2.24) is 0 Å². The molecule has 0 aliphatic heterocycles. The lowest BCUT2D eigenvalue weighted by Crippen LogP contribution is -2.17. The Hall–Kier alpha value is -1.80. The molecule has 2 aromatic carbocycles. The molecule has 0 amide bonds. The van der Waals surface area contributed by atoms with Crippen molar-refractivity contribution in [2.75, 3.05) is 6.61 Å². The van der Waals surface area contributed by atoms with Crippen LogP contribution in [0.25, 0.3) is 0 Å². The summed E-state index contributed by atoms with van der Waals surface area (Å²) in [4.78, 5) is 0. The molecule has 0 heterocycles. The first-order chi connectivity index (χ1) is 9.83. The van der Waals surface area contributed by atoms with Crippen LogP contribution in [0.15, 0.2) is 48.5 Å². The van der Waals surface area contributed by atoms with Crippen LogP contribution < -0.4 is 10.5 Å². The molecule has 0 saturated carbocycles. The molecule has 1 aliphatic carbocycles. The normalized spacial score (nSPS) is 17.6. The Morgan fingerprint density at radius 2 is 1.95 bits per heavy atom. The van der Waals surface area contributed by atoms with Crippen molar-refractivity contribution in [3.8, 4) is 5.75 Å². The lowest BCUT2D eigenvalue weighted by molar-refractivity contribution is 0.321. The van der Waals surface area contributed by atoms with Gasteiger partial charge >= 0.3 is 0 Å². The number of hydrogen-bond donors (Lipinski definition) is 1. The van der Waals surface area contributed by atoms with Crippen molar-refractivity contribution in [2.45, 2.75) is 31.7 Å². The zero-order chi connectivity index (χ0) is 13.8. The van der Waals surface area contributed by atoms with Gasteiger partial charge in [0.2, 0.25) is 0 Å². The highest BCUT2D eigenvalue weighted by molar-refractivity contribution is 5.39. The van der Waals surface area contributed by atoms with Crippen LogP contribution in [0.1, 0.15) is 35.6 Å². The van der Waals surface area contributed by atoms with Crippen molar-refractivity contribution < 1.29 is 4.74 Å². The van der Waals surface area contributed by atoms with Crippen LogP contribution in [0.5, 0.6) is 5.75 Å². The minimum Gasteiger partial charge on any atom is -0.493 e. The third-order valence-corrected chi connectivity index (χ3v) is 3.98. The van der Waals surface area contributed by atoms with Gasteiger partial charge in [0.05, 0.1) is 6.61 Å². The van der Waals surface area contributed by atoms with E-state index >= 15 is 0 Å². The van der Waals surface area contributed by atoms with Crippen LogP contribution in [0, 0.1) is 0 Å². The van der Waals surface area contributed by atoms with Gasteiger partial charge in [-0.05, 0) is 48.1 Å². The summed E-state index contributed by atoms with van der Waals surface area (Å²) in [5.74, 6) is 0.942. The third-order valence-electron chi connectivity index (χ3n) is 3.98. The van der Waals surface area contributed by atoms with Crippen LogP contribution in [-0.4, -0.2) is 6.61 Å². The van der Waals surface area contributed by atoms with Crippen molar-refractivity contribution in [3.63, 3.8) is 0 Å². The predicted molar refractivity (Wildman–Crippen MR) is 81.9 cm³/mol. The van der Waals surface area contributed by atoms with Gasteiger partial charge in [0, 0.05) is 12.5 Å². The lowest BCUT2D eigenvalue weighted by Gasteiger charge is -2.22. The third kappa shape index (κ3) is 3.02. The number of rotatable bonds is 4. The molecule has 2 aromatic rings. The average molecular weight is 267 g/mol. The highest BCUT2D eigenvalue weighted by Gasteiger charge is 2.17. The SMILES string of the molecule is N[C@H]1CCCc2ccc(OCCc3ccccc3)cc21. The van der Waals surface area contributed by atoms with E-state index in [1.807, 2.05) is 6.07 Å². The van der Waals surface area contributed by atoms with Gasteiger partial charge in [0.1, 0.15) is 5.75 Å². The first-order valence-electron chi connectivity index (χ1n) is 7.38. The molecule has 104 valence electrons. The van der Waals surface area contributed by atoms with Gasteiger partial charge < -0.3 is 10.5 Å². The maximum atomic E-state index is 6.18. The molecule has 0 unspecified atom stereocenters. The Morgan fingerprint density at radius 1 is 1.10 bits per heavy atom. The van der Waals surface area contributed by atoms with Gasteiger partial charge in [-0.2, -0.15) is 0 Å². The highest BCUT2D eigenvalue weighted by Crippen LogP contribution is 2.30. The van der Waals surface area contributed by atoms with E-state index in [2.05, 4.69) is 42.5 Å². The fourth-order valence-corrected chi connectivity index (χ4v) is 2.83. The summed E-state index contributed by atoms with van der Waals surface area (Å²) >= 11 is 0. The molecule has 2 heteroatoms. The van der Waals surface area contributed by atoms with E-state index in [-0.39, 0.29) is 6.04 Å². The van der Waals surface area contributed by atoms with Crippen LogP contribution >= 0.6 is 0 Å². The number of benzene rings is 2. The Morgan fingerprint density at radius 3 is 2.80 bits per heavy atom. The van der Waals surface area contributed by atoms with Crippen LogP contribution in [0.2, 0.25) is 0 Å². The number of ether oxygens (including phenoxy) is 1. The Balaban J connectivity index is 1.62. The van der Waals surface area contributed by atoms with E-state index in [4.69, 9.17) is 10.5 Å². The maximum Gasteiger partial charge on any atom is 0.119 e. The van der Waals surface area contributed by atoms with Gasteiger partial charge in [-0.25, -0.2) is 0 Å². The van der Waals surface area contributed by atoms with E-state index in [9.17, 15) is 0 Å². The smallest absolute Gasteiger partial charge is 0.119 e. The minimum atomic E-state index is 0.177. The van der Waals surface area contributed by atoms with Crippen molar-refractivity contribution in [1.29, 1.82) is 0 Å². The van der Waals surface area contributed by atoms with Gasteiger partial charge in [-0.1, -0.05) is 36.4 Å².